The molecule has 1 aliphatic rings. The minimum Gasteiger partial charge on any atom is -0.270 e. The second kappa shape index (κ2) is 5.70. The zero-order valence-corrected chi connectivity index (χ0v) is 13.1. The van der Waals surface area contributed by atoms with E-state index in [0.29, 0.717) is 11.6 Å². The number of aryl methyl sites for hydroxylation is 1. The van der Waals surface area contributed by atoms with E-state index in [0.717, 1.165) is 29.7 Å². The van der Waals surface area contributed by atoms with Crippen LogP contribution in [0, 0.1) is 0 Å². The van der Waals surface area contributed by atoms with E-state index in [4.69, 9.17) is 11.6 Å². The lowest BCUT2D eigenvalue weighted by Crippen LogP contribution is -2.36. The van der Waals surface area contributed by atoms with E-state index in [1.807, 2.05) is 24.3 Å². The van der Waals surface area contributed by atoms with Crippen LogP contribution in [0.15, 0.2) is 48.5 Å². The molecule has 3 rings (SSSR count). The fourth-order valence-electron chi connectivity index (χ4n) is 2.66. The number of sulfonamides is 1. The molecule has 0 fully saturated rings. The minimum atomic E-state index is -3.37. The minimum absolute atomic E-state index is 0.00148. The monoisotopic (exact) mass is 321 g/mol. The number of hydrogen-bond donors (Lipinski definition) is 0. The maximum Gasteiger partial charge on any atom is 0.239 e. The molecule has 5 heteroatoms. The van der Waals surface area contributed by atoms with Crippen LogP contribution < -0.4 is 4.31 Å². The van der Waals surface area contributed by atoms with Crippen molar-refractivity contribution in [2.45, 2.75) is 18.6 Å². The van der Waals surface area contributed by atoms with Crippen LogP contribution in [0.25, 0.3) is 0 Å². The summed E-state index contributed by atoms with van der Waals surface area (Å²) < 4.78 is 26.9. The molecule has 0 radical (unpaired) electrons. The van der Waals surface area contributed by atoms with Crippen molar-refractivity contribution in [2.24, 2.45) is 0 Å². The SMILES string of the molecule is O=S(=O)(Cc1ccc(Cl)cc1)N1CCCc2ccccc21. The van der Waals surface area contributed by atoms with Crippen LogP contribution in [0.5, 0.6) is 0 Å². The number of anilines is 1. The van der Waals surface area contributed by atoms with Gasteiger partial charge >= 0.3 is 0 Å². The summed E-state index contributed by atoms with van der Waals surface area (Å²) in [5.41, 5.74) is 2.67. The van der Waals surface area contributed by atoms with Gasteiger partial charge in [0.2, 0.25) is 10.0 Å². The van der Waals surface area contributed by atoms with Gasteiger partial charge in [0.1, 0.15) is 0 Å². The van der Waals surface area contributed by atoms with Gasteiger partial charge in [-0.2, -0.15) is 0 Å². The third-order valence-corrected chi connectivity index (χ3v) is 5.67. The highest BCUT2D eigenvalue weighted by Gasteiger charge is 2.27. The number of nitrogens with zero attached hydrogens (tertiary/aromatic N) is 1. The van der Waals surface area contributed by atoms with Gasteiger partial charge in [-0.05, 0) is 42.2 Å². The highest BCUT2D eigenvalue weighted by Crippen LogP contribution is 2.30. The molecule has 1 aliphatic heterocycles. The molecule has 21 heavy (non-hydrogen) atoms. The first-order chi connectivity index (χ1) is 10.1. The molecule has 110 valence electrons. The van der Waals surface area contributed by atoms with Gasteiger partial charge < -0.3 is 0 Å². The number of benzene rings is 2. The van der Waals surface area contributed by atoms with Gasteiger partial charge in [0.25, 0.3) is 0 Å². The first-order valence-electron chi connectivity index (χ1n) is 6.89. The Kier molecular flexibility index (Phi) is 3.91. The first kappa shape index (κ1) is 14.4. The van der Waals surface area contributed by atoms with E-state index in [1.165, 1.54) is 0 Å². The molecule has 0 atom stereocenters. The van der Waals surface area contributed by atoms with Crippen LogP contribution in [0.4, 0.5) is 5.69 Å². The van der Waals surface area contributed by atoms with Crippen LogP contribution in [-0.4, -0.2) is 15.0 Å². The van der Waals surface area contributed by atoms with Crippen molar-refractivity contribution >= 4 is 27.3 Å². The second-order valence-corrected chi connectivity index (χ2v) is 7.52. The van der Waals surface area contributed by atoms with Crippen LogP contribution >= 0.6 is 11.6 Å². The Morgan fingerprint density at radius 1 is 1.05 bits per heavy atom. The van der Waals surface area contributed by atoms with E-state index in [1.54, 1.807) is 28.6 Å². The second-order valence-electron chi connectivity index (χ2n) is 5.19. The normalized spacial score (nSPS) is 14.8. The number of fused-ring (bicyclic) bond motifs is 1. The Hall–Kier alpha value is -1.52. The standard InChI is InChI=1S/C16H16ClNO2S/c17-15-9-7-13(8-10-15)12-21(19,20)18-11-3-5-14-4-1-2-6-16(14)18/h1-2,4,6-10H,3,5,11-12H2. The molecular weight excluding hydrogens is 306 g/mol. The van der Waals surface area contributed by atoms with Crippen LogP contribution in [0.3, 0.4) is 0 Å². The van der Waals surface area contributed by atoms with Crippen LogP contribution in [0.2, 0.25) is 5.02 Å². The van der Waals surface area contributed by atoms with Gasteiger partial charge in [0.05, 0.1) is 11.4 Å². The highest BCUT2D eigenvalue weighted by atomic mass is 35.5. The molecule has 2 aromatic carbocycles. The molecular formula is C16H16ClNO2S. The lowest BCUT2D eigenvalue weighted by molar-refractivity contribution is 0.586. The Bertz CT molecular complexity index is 741. The Morgan fingerprint density at radius 3 is 2.52 bits per heavy atom. The van der Waals surface area contributed by atoms with Crippen molar-refractivity contribution in [3.05, 3.63) is 64.7 Å². The molecule has 0 N–H and O–H groups in total. The average molecular weight is 322 g/mol. The molecule has 0 bridgehead atoms. The molecule has 0 aromatic heterocycles. The lowest BCUT2D eigenvalue weighted by atomic mass is 10.0. The maximum atomic E-state index is 12.7. The van der Waals surface area contributed by atoms with Gasteiger partial charge in [-0.25, -0.2) is 8.42 Å². The summed E-state index contributed by atoms with van der Waals surface area (Å²) in [5, 5.41) is 0.611. The van der Waals surface area contributed by atoms with Crippen molar-refractivity contribution in [2.75, 3.05) is 10.8 Å². The van der Waals surface area contributed by atoms with Gasteiger partial charge in [-0.3, -0.25) is 4.31 Å². The molecule has 0 unspecified atom stereocenters. The quantitative estimate of drug-likeness (QED) is 0.865. The molecule has 0 aliphatic carbocycles. The molecule has 3 nitrogen and oxygen atoms in total. The van der Waals surface area contributed by atoms with Crippen LogP contribution in [-0.2, 0) is 22.2 Å². The first-order valence-corrected chi connectivity index (χ1v) is 8.88. The third kappa shape index (κ3) is 3.06. The summed E-state index contributed by atoms with van der Waals surface area (Å²) in [4.78, 5) is 0. The largest absolute Gasteiger partial charge is 0.270 e. The molecule has 0 saturated carbocycles. The van der Waals surface area contributed by atoms with Crippen LogP contribution in [0.1, 0.15) is 17.5 Å². The number of hydrogen-bond acceptors (Lipinski definition) is 2. The fourth-order valence-corrected chi connectivity index (χ4v) is 4.44. The smallest absolute Gasteiger partial charge is 0.239 e. The van der Waals surface area contributed by atoms with Crippen molar-refractivity contribution in [3.63, 3.8) is 0 Å². The zero-order chi connectivity index (χ0) is 14.9. The van der Waals surface area contributed by atoms with Crippen molar-refractivity contribution in [3.8, 4) is 0 Å². The topological polar surface area (TPSA) is 37.4 Å². The number of halogens is 1. The summed E-state index contributed by atoms with van der Waals surface area (Å²) in [6.45, 7) is 0.549. The van der Waals surface area contributed by atoms with Gasteiger partial charge in [0, 0.05) is 11.6 Å². The molecule has 2 aromatic rings. The summed E-state index contributed by atoms with van der Waals surface area (Å²) in [5.74, 6) is -0.00148. The average Bonchev–Trinajstić information content (AvgIpc) is 2.49. The molecule has 0 amide bonds. The lowest BCUT2D eigenvalue weighted by Gasteiger charge is -2.30. The predicted molar refractivity (Wildman–Crippen MR) is 86.2 cm³/mol. The Morgan fingerprint density at radius 2 is 1.76 bits per heavy atom. The fraction of sp³-hybridized carbons (Fsp3) is 0.250. The van der Waals surface area contributed by atoms with Gasteiger partial charge in [-0.1, -0.05) is 41.9 Å². The van der Waals surface area contributed by atoms with Gasteiger partial charge in [0.15, 0.2) is 0 Å². The van der Waals surface area contributed by atoms with Gasteiger partial charge in [-0.15, -0.1) is 0 Å². The van der Waals surface area contributed by atoms with E-state index in [2.05, 4.69) is 0 Å². The predicted octanol–water partition coefficient (Wildman–Crippen LogP) is 3.62. The summed E-state index contributed by atoms with van der Waals surface area (Å²) in [7, 11) is -3.37. The highest BCUT2D eigenvalue weighted by molar-refractivity contribution is 7.92. The van der Waals surface area contributed by atoms with Crippen molar-refractivity contribution in [1.29, 1.82) is 0 Å². The van der Waals surface area contributed by atoms with E-state index >= 15 is 0 Å². The molecule has 0 spiro atoms. The maximum absolute atomic E-state index is 12.7. The Balaban J connectivity index is 1.91. The third-order valence-electron chi connectivity index (χ3n) is 3.67. The number of rotatable bonds is 3. The molecule has 1 heterocycles. The van der Waals surface area contributed by atoms with E-state index in [9.17, 15) is 8.42 Å². The number of para-hydroxylation sites is 1. The van der Waals surface area contributed by atoms with E-state index in [-0.39, 0.29) is 5.75 Å². The molecule has 0 saturated heterocycles. The summed E-state index contributed by atoms with van der Waals surface area (Å²) >= 11 is 5.84. The summed E-state index contributed by atoms with van der Waals surface area (Å²) in [6, 6.07) is 14.7. The van der Waals surface area contributed by atoms with Crippen molar-refractivity contribution < 1.29 is 8.42 Å². The van der Waals surface area contributed by atoms with Crippen molar-refractivity contribution in [1.82, 2.24) is 0 Å². The van der Waals surface area contributed by atoms with E-state index < -0.39 is 10.0 Å². The zero-order valence-electron chi connectivity index (χ0n) is 11.5. The summed E-state index contributed by atoms with van der Waals surface area (Å²) in [6.07, 6.45) is 1.79. The Labute approximate surface area is 130 Å².